The molecule has 1 aromatic rings. The van der Waals surface area contributed by atoms with Gasteiger partial charge in [-0.2, -0.15) is 0 Å². The number of esters is 1. The lowest BCUT2D eigenvalue weighted by Crippen LogP contribution is -2.07. The van der Waals surface area contributed by atoms with Crippen LogP contribution in [0, 0.1) is 0 Å². The van der Waals surface area contributed by atoms with Crippen molar-refractivity contribution >= 4 is 12.2 Å². The van der Waals surface area contributed by atoms with Gasteiger partial charge < -0.3 is 9.30 Å². The lowest BCUT2D eigenvalue weighted by Gasteiger charge is -1.97. The molecule has 0 spiro atoms. The van der Waals surface area contributed by atoms with E-state index in [0.717, 1.165) is 0 Å². The minimum Gasteiger partial charge on any atom is -0.463 e. The van der Waals surface area contributed by atoms with E-state index in [1.54, 1.807) is 6.20 Å². The van der Waals surface area contributed by atoms with Crippen LogP contribution in [0.4, 0.5) is 0 Å². The summed E-state index contributed by atoms with van der Waals surface area (Å²) in [7, 11) is 1.31. The van der Waals surface area contributed by atoms with Gasteiger partial charge in [0.05, 0.1) is 7.11 Å². The fraction of sp³-hybridized carbons (Fsp3) is 0.143. The number of nitrogens with zero attached hydrogens (tertiary/aromatic N) is 2. The van der Waals surface area contributed by atoms with Crippen LogP contribution < -0.4 is 0 Å². The van der Waals surface area contributed by atoms with Crippen LogP contribution >= 0.6 is 0 Å². The highest BCUT2D eigenvalue weighted by molar-refractivity contribution is 5.86. The Morgan fingerprint density at radius 2 is 2.64 bits per heavy atom. The number of imidazole rings is 1. The summed E-state index contributed by atoms with van der Waals surface area (Å²) in [6.07, 6.45) is 4.62. The second-order valence-corrected chi connectivity index (χ2v) is 1.83. The quantitative estimate of drug-likeness (QED) is 0.588. The molecule has 58 valence electrons. The number of carbonyl (C=O) groups excluding carboxylic acids is 1. The summed E-state index contributed by atoms with van der Waals surface area (Å²) in [5, 5.41) is 0. The van der Waals surface area contributed by atoms with E-state index in [0.29, 0.717) is 0 Å². The van der Waals surface area contributed by atoms with E-state index >= 15 is 0 Å². The summed E-state index contributed by atoms with van der Waals surface area (Å²) in [4.78, 5) is 14.7. The number of hydrogen-bond donors (Lipinski definition) is 0. The van der Waals surface area contributed by atoms with E-state index in [2.05, 4.69) is 16.3 Å². The molecule has 0 aliphatic heterocycles. The predicted octanol–water partition coefficient (Wildman–Crippen LogP) is 0.770. The van der Waals surface area contributed by atoms with Gasteiger partial charge in [0.25, 0.3) is 0 Å². The minimum atomic E-state index is -0.463. The van der Waals surface area contributed by atoms with Crippen molar-refractivity contribution in [3.05, 3.63) is 24.8 Å². The molecule has 1 heterocycles. The summed E-state index contributed by atoms with van der Waals surface area (Å²) in [6, 6.07) is 0. The third-order valence-corrected chi connectivity index (χ3v) is 1.23. The van der Waals surface area contributed by atoms with Crippen molar-refractivity contribution in [3.63, 3.8) is 0 Å². The zero-order chi connectivity index (χ0) is 8.27. The van der Waals surface area contributed by atoms with Crippen molar-refractivity contribution in [3.8, 4) is 0 Å². The van der Waals surface area contributed by atoms with Crippen LogP contribution in [0.5, 0.6) is 0 Å². The topological polar surface area (TPSA) is 44.1 Å². The second kappa shape index (κ2) is 3.01. The van der Waals surface area contributed by atoms with Crippen molar-refractivity contribution in [1.82, 2.24) is 9.55 Å². The first-order valence-electron chi connectivity index (χ1n) is 3.03. The van der Waals surface area contributed by atoms with Gasteiger partial charge in [-0.3, -0.25) is 0 Å². The highest BCUT2D eigenvalue weighted by atomic mass is 16.5. The van der Waals surface area contributed by atoms with E-state index < -0.39 is 5.97 Å². The van der Waals surface area contributed by atoms with Crippen molar-refractivity contribution < 1.29 is 9.53 Å². The molecule has 0 aromatic carbocycles. The molecule has 0 saturated heterocycles. The molecule has 1 aromatic heterocycles. The highest BCUT2D eigenvalue weighted by Crippen LogP contribution is 1.98. The van der Waals surface area contributed by atoms with Crippen molar-refractivity contribution in [2.24, 2.45) is 0 Å². The summed E-state index contributed by atoms with van der Waals surface area (Å²) in [5.41, 5.74) is 0. The number of ether oxygens (including phenoxy) is 1. The van der Waals surface area contributed by atoms with Crippen molar-refractivity contribution in [2.45, 2.75) is 0 Å². The number of hydrogen-bond acceptors (Lipinski definition) is 3. The van der Waals surface area contributed by atoms with Crippen LogP contribution in [0.2, 0.25) is 0 Å². The normalized spacial score (nSPS) is 9.18. The van der Waals surface area contributed by atoms with Gasteiger partial charge in [0, 0.05) is 18.6 Å². The fourth-order valence-electron chi connectivity index (χ4n) is 0.710. The Morgan fingerprint density at radius 1 is 1.91 bits per heavy atom. The zero-order valence-electron chi connectivity index (χ0n) is 6.15. The van der Waals surface area contributed by atoms with Crippen LogP contribution in [-0.2, 0) is 4.74 Å². The lowest BCUT2D eigenvalue weighted by atomic mass is 10.6. The average molecular weight is 152 g/mol. The summed E-state index contributed by atoms with van der Waals surface area (Å²) >= 11 is 0. The summed E-state index contributed by atoms with van der Waals surface area (Å²) < 4.78 is 5.96. The molecule has 0 unspecified atom stereocenters. The van der Waals surface area contributed by atoms with Crippen LogP contribution in [0.3, 0.4) is 0 Å². The standard InChI is InChI=1S/C7H8N2O2/c1-3-9-5-4-8-6(9)7(10)11-2/h3-5H,1H2,2H3. The molecule has 0 fully saturated rings. The molecule has 0 radical (unpaired) electrons. The van der Waals surface area contributed by atoms with Crippen LogP contribution in [0.15, 0.2) is 19.0 Å². The Morgan fingerprint density at radius 3 is 3.18 bits per heavy atom. The second-order valence-electron chi connectivity index (χ2n) is 1.83. The van der Waals surface area contributed by atoms with E-state index in [4.69, 9.17) is 0 Å². The van der Waals surface area contributed by atoms with E-state index in [1.807, 2.05) is 0 Å². The monoisotopic (exact) mass is 152 g/mol. The highest BCUT2D eigenvalue weighted by Gasteiger charge is 2.09. The van der Waals surface area contributed by atoms with E-state index in [9.17, 15) is 4.79 Å². The maximum absolute atomic E-state index is 10.9. The number of aromatic nitrogens is 2. The molecule has 1 rings (SSSR count). The first-order valence-corrected chi connectivity index (χ1v) is 3.03. The SMILES string of the molecule is C=Cn1ccnc1C(=O)OC. The van der Waals surface area contributed by atoms with Crippen LogP contribution in [0.1, 0.15) is 10.6 Å². The van der Waals surface area contributed by atoms with Gasteiger partial charge in [-0.25, -0.2) is 9.78 Å². The van der Waals surface area contributed by atoms with Gasteiger partial charge in [-0.1, -0.05) is 6.58 Å². The predicted molar refractivity (Wildman–Crippen MR) is 40.0 cm³/mol. The molecule has 4 nitrogen and oxygen atoms in total. The van der Waals surface area contributed by atoms with E-state index in [-0.39, 0.29) is 5.82 Å². The molecule has 0 aliphatic carbocycles. The van der Waals surface area contributed by atoms with Crippen LogP contribution in [-0.4, -0.2) is 22.6 Å². The molecule has 0 N–H and O–H groups in total. The maximum Gasteiger partial charge on any atom is 0.374 e. The molecule has 11 heavy (non-hydrogen) atoms. The first-order chi connectivity index (χ1) is 5.29. The number of carbonyl (C=O) groups is 1. The Labute approximate surface area is 64.1 Å². The fourth-order valence-corrected chi connectivity index (χ4v) is 0.710. The summed E-state index contributed by atoms with van der Waals surface area (Å²) in [5.74, 6) is -0.225. The minimum absolute atomic E-state index is 0.238. The average Bonchev–Trinajstić information content (AvgIpc) is 2.50. The van der Waals surface area contributed by atoms with Gasteiger partial charge in [0.2, 0.25) is 5.82 Å². The Kier molecular flexibility index (Phi) is 2.06. The molecule has 0 bridgehead atoms. The van der Waals surface area contributed by atoms with Crippen LogP contribution in [0.25, 0.3) is 6.20 Å². The summed E-state index contributed by atoms with van der Waals surface area (Å²) in [6.45, 7) is 3.50. The molecule has 0 amide bonds. The first kappa shape index (κ1) is 7.53. The van der Waals surface area contributed by atoms with Gasteiger partial charge >= 0.3 is 5.97 Å². The van der Waals surface area contributed by atoms with Gasteiger partial charge in [0.1, 0.15) is 0 Å². The van der Waals surface area contributed by atoms with E-state index in [1.165, 1.54) is 24.1 Å². The molecule has 4 heteroatoms. The van der Waals surface area contributed by atoms with Gasteiger partial charge in [-0.15, -0.1) is 0 Å². The largest absolute Gasteiger partial charge is 0.463 e. The van der Waals surface area contributed by atoms with Crippen molar-refractivity contribution in [1.29, 1.82) is 0 Å². The maximum atomic E-state index is 10.9. The number of rotatable bonds is 2. The third-order valence-electron chi connectivity index (χ3n) is 1.23. The lowest BCUT2D eigenvalue weighted by molar-refractivity contribution is 0.0585. The molecular formula is C7H8N2O2. The Balaban J connectivity index is 3.01. The van der Waals surface area contributed by atoms with Gasteiger partial charge in [0.15, 0.2) is 0 Å². The molecule has 0 atom stereocenters. The van der Waals surface area contributed by atoms with Crippen molar-refractivity contribution in [2.75, 3.05) is 7.11 Å². The molecule has 0 aliphatic rings. The molecule has 0 saturated carbocycles. The smallest absolute Gasteiger partial charge is 0.374 e. The Bertz CT molecular complexity index is 278. The van der Waals surface area contributed by atoms with Gasteiger partial charge in [-0.05, 0) is 0 Å². The third kappa shape index (κ3) is 1.29. The zero-order valence-corrected chi connectivity index (χ0v) is 6.15. The Hall–Kier alpha value is -1.58. The molecular weight excluding hydrogens is 144 g/mol. The number of methoxy groups -OCH3 is 1.